The van der Waals surface area contributed by atoms with E-state index < -0.39 is 0 Å². The Morgan fingerprint density at radius 2 is 2.28 bits per heavy atom. The van der Waals surface area contributed by atoms with Gasteiger partial charge in [0.1, 0.15) is 0 Å². The van der Waals surface area contributed by atoms with Crippen molar-refractivity contribution >= 4 is 41.3 Å². The molecular weight excluding hydrogens is 445 g/mol. The van der Waals surface area contributed by atoms with Crippen molar-refractivity contribution < 1.29 is 0 Å². The van der Waals surface area contributed by atoms with Crippen LogP contribution in [0.4, 0.5) is 0 Å². The number of aryl methyl sites for hydroxylation is 1. The van der Waals surface area contributed by atoms with Gasteiger partial charge in [-0.2, -0.15) is 0 Å². The van der Waals surface area contributed by atoms with E-state index >= 15 is 0 Å². The lowest BCUT2D eigenvalue weighted by atomic mass is 10.0. The maximum Gasteiger partial charge on any atom is 0.194 e. The number of hydrogen-bond acceptors (Lipinski definition) is 4. The molecule has 1 aromatic heterocycles. The first kappa shape index (κ1) is 22.6. The van der Waals surface area contributed by atoms with Crippen molar-refractivity contribution in [1.29, 1.82) is 0 Å². The van der Waals surface area contributed by atoms with Crippen molar-refractivity contribution in [3.63, 3.8) is 0 Å². The molecule has 5 nitrogen and oxygen atoms in total. The van der Waals surface area contributed by atoms with Crippen LogP contribution in [-0.2, 0) is 6.54 Å². The summed E-state index contributed by atoms with van der Waals surface area (Å²) < 4.78 is 0. The number of rotatable bonds is 6. The lowest BCUT2D eigenvalue weighted by Gasteiger charge is -2.37. The number of hydrogen-bond donors (Lipinski definition) is 1. The zero-order chi connectivity index (χ0) is 17.5. The van der Waals surface area contributed by atoms with Gasteiger partial charge in [0.2, 0.25) is 0 Å². The third kappa shape index (κ3) is 7.02. The number of aromatic nitrogens is 1. The molecule has 1 aliphatic rings. The molecular formula is C18H34IN5S. The average Bonchev–Trinajstić information content (AvgIpc) is 2.96. The molecule has 144 valence electrons. The summed E-state index contributed by atoms with van der Waals surface area (Å²) in [5.41, 5.74) is 1.11. The van der Waals surface area contributed by atoms with E-state index in [0.717, 1.165) is 36.3 Å². The molecule has 7 heteroatoms. The molecule has 1 N–H and O–H groups in total. The van der Waals surface area contributed by atoms with Gasteiger partial charge >= 0.3 is 0 Å². The summed E-state index contributed by atoms with van der Waals surface area (Å²) in [7, 11) is 2.09. The van der Waals surface area contributed by atoms with Crippen LogP contribution < -0.4 is 5.32 Å². The number of thiazole rings is 1. The maximum absolute atomic E-state index is 4.89. The molecule has 1 aliphatic heterocycles. The van der Waals surface area contributed by atoms with Crippen molar-refractivity contribution in [3.05, 3.63) is 16.1 Å². The summed E-state index contributed by atoms with van der Waals surface area (Å²) in [6.45, 7) is 12.6. The molecule has 0 saturated carbocycles. The first-order valence-electron chi connectivity index (χ1n) is 9.17. The second kappa shape index (κ2) is 11.3. The van der Waals surface area contributed by atoms with Crippen LogP contribution in [0.15, 0.2) is 10.4 Å². The van der Waals surface area contributed by atoms with Gasteiger partial charge in [0.25, 0.3) is 0 Å². The Morgan fingerprint density at radius 1 is 1.52 bits per heavy atom. The summed E-state index contributed by atoms with van der Waals surface area (Å²) >= 11 is 1.70. The van der Waals surface area contributed by atoms with E-state index in [2.05, 4.69) is 60.2 Å². The van der Waals surface area contributed by atoms with Crippen LogP contribution in [0.3, 0.4) is 0 Å². The van der Waals surface area contributed by atoms with Gasteiger partial charge in [-0.25, -0.2) is 4.98 Å². The topological polar surface area (TPSA) is 43.8 Å². The lowest BCUT2D eigenvalue weighted by Crippen LogP contribution is -2.45. The van der Waals surface area contributed by atoms with Crippen molar-refractivity contribution in [1.82, 2.24) is 20.1 Å². The predicted octanol–water partition coefficient (Wildman–Crippen LogP) is 3.73. The predicted molar refractivity (Wildman–Crippen MR) is 119 cm³/mol. The molecule has 2 atom stereocenters. The van der Waals surface area contributed by atoms with Crippen LogP contribution >= 0.6 is 35.3 Å². The average molecular weight is 479 g/mol. The van der Waals surface area contributed by atoms with E-state index in [9.17, 15) is 0 Å². The number of nitrogens with one attached hydrogen (secondary N) is 1. The molecule has 1 aromatic rings. The van der Waals surface area contributed by atoms with E-state index in [-0.39, 0.29) is 24.0 Å². The highest BCUT2D eigenvalue weighted by Crippen LogP contribution is 2.19. The first-order valence-corrected chi connectivity index (χ1v) is 10.1. The highest BCUT2D eigenvalue weighted by molar-refractivity contribution is 14.0. The monoisotopic (exact) mass is 479 g/mol. The summed E-state index contributed by atoms with van der Waals surface area (Å²) in [5.74, 6) is 0.972. The fourth-order valence-electron chi connectivity index (χ4n) is 3.37. The van der Waals surface area contributed by atoms with Gasteiger partial charge in [-0.3, -0.25) is 9.89 Å². The zero-order valence-corrected chi connectivity index (χ0v) is 19.4. The van der Waals surface area contributed by atoms with Crippen molar-refractivity contribution in [2.45, 2.75) is 65.6 Å². The second-order valence-corrected chi connectivity index (χ2v) is 7.90. The Kier molecular flexibility index (Phi) is 10.3. The molecule has 0 aromatic carbocycles. The van der Waals surface area contributed by atoms with Crippen molar-refractivity contribution in [2.24, 2.45) is 4.99 Å². The first-order chi connectivity index (χ1) is 11.5. The minimum absolute atomic E-state index is 0. The molecule has 1 fully saturated rings. The maximum atomic E-state index is 4.89. The third-order valence-corrected chi connectivity index (χ3v) is 5.51. The van der Waals surface area contributed by atoms with Gasteiger partial charge in [0.05, 0.1) is 23.8 Å². The molecule has 0 aliphatic carbocycles. The smallest absolute Gasteiger partial charge is 0.194 e. The minimum Gasteiger partial charge on any atom is -0.357 e. The Bertz CT molecular complexity index is 533. The van der Waals surface area contributed by atoms with E-state index in [0.29, 0.717) is 12.1 Å². The van der Waals surface area contributed by atoms with Crippen LogP contribution in [0.2, 0.25) is 0 Å². The number of guanidine groups is 1. The fourth-order valence-corrected chi connectivity index (χ4v) is 3.97. The largest absolute Gasteiger partial charge is 0.357 e. The molecule has 2 unspecified atom stereocenters. The van der Waals surface area contributed by atoms with Crippen LogP contribution in [0.25, 0.3) is 0 Å². The number of aliphatic imine (C=N–C) groups is 1. The number of nitrogens with zero attached hydrogens (tertiary/aromatic N) is 4. The number of halogens is 1. The van der Waals surface area contributed by atoms with Gasteiger partial charge in [0.15, 0.2) is 5.96 Å². The van der Waals surface area contributed by atoms with Gasteiger partial charge in [-0.1, -0.05) is 6.42 Å². The molecule has 2 heterocycles. The lowest BCUT2D eigenvalue weighted by molar-refractivity contribution is 0.118. The van der Waals surface area contributed by atoms with Crippen LogP contribution in [0.1, 0.15) is 50.7 Å². The zero-order valence-electron chi connectivity index (χ0n) is 16.3. The molecule has 1 saturated heterocycles. The Labute approximate surface area is 174 Å². The molecule has 0 radical (unpaired) electrons. The van der Waals surface area contributed by atoms with Crippen molar-refractivity contribution in [2.75, 3.05) is 26.7 Å². The van der Waals surface area contributed by atoms with Crippen molar-refractivity contribution in [3.8, 4) is 0 Å². The van der Waals surface area contributed by atoms with E-state index in [4.69, 9.17) is 4.99 Å². The normalized spacial score (nSPS) is 20.0. The van der Waals surface area contributed by atoms with Crippen LogP contribution in [0, 0.1) is 6.92 Å². The highest BCUT2D eigenvalue weighted by Gasteiger charge is 2.23. The molecule has 25 heavy (non-hydrogen) atoms. The SMILES string of the molecule is CCNC(=NCC(C)N1CCCCC1C)N(C)Cc1csc(C)n1.I. The minimum atomic E-state index is 0. The van der Waals surface area contributed by atoms with Gasteiger partial charge < -0.3 is 10.2 Å². The molecule has 0 amide bonds. The summed E-state index contributed by atoms with van der Waals surface area (Å²) in [6, 6.07) is 1.17. The Morgan fingerprint density at radius 3 is 2.88 bits per heavy atom. The van der Waals surface area contributed by atoms with Gasteiger partial charge in [0, 0.05) is 31.1 Å². The van der Waals surface area contributed by atoms with E-state index in [1.165, 1.54) is 25.8 Å². The second-order valence-electron chi connectivity index (χ2n) is 6.84. The summed E-state index contributed by atoms with van der Waals surface area (Å²) in [6.07, 6.45) is 4.00. The third-order valence-electron chi connectivity index (χ3n) is 4.69. The van der Waals surface area contributed by atoms with E-state index in [1.807, 2.05) is 0 Å². The standard InChI is InChI=1S/C18H33N5S.HI/c1-6-19-18(22(5)12-17-13-24-16(4)21-17)20-11-15(3)23-10-8-7-9-14(23)2;/h13-15H,6-12H2,1-5H3,(H,19,20);1H. The number of likely N-dealkylation sites (tertiary alicyclic amines) is 1. The Hall–Kier alpha value is -0.410. The van der Waals surface area contributed by atoms with Crippen LogP contribution in [-0.4, -0.2) is 59.5 Å². The quantitative estimate of drug-likeness (QED) is 0.384. The van der Waals surface area contributed by atoms with Crippen LogP contribution in [0.5, 0.6) is 0 Å². The molecule has 0 spiro atoms. The fraction of sp³-hybridized carbons (Fsp3) is 0.778. The molecule has 0 bridgehead atoms. The van der Waals surface area contributed by atoms with Gasteiger partial charge in [-0.05, 0) is 47.1 Å². The highest BCUT2D eigenvalue weighted by atomic mass is 127. The molecule has 2 rings (SSSR count). The number of piperidine rings is 1. The Balaban J connectivity index is 0.00000312. The van der Waals surface area contributed by atoms with Gasteiger partial charge in [-0.15, -0.1) is 35.3 Å². The summed E-state index contributed by atoms with van der Waals surface area (Å²) in [4.78, 5) is 14.2. The summed E-state index contributed by atoms with van der Waals surface area (Å²) in [5, 5.41) is 6.66. The van der Waals surface area contributed by atoms with E-state index in [1.54, 1.807) is 11.3 Å².